The highest BCUT2D eigenvalue weighted by atomic mass is 35.5. The number of nitrogen functional groups attached to an aromatic ring is 1. The summed E-state index contributed by atoms with van der Waals surface area (Å²) < 4.78 is 0. The van der Waals surface area contributed by atoms with Crippen LogP contribution in [0, 0.1) is 11.3 Å². The number of benzene rings is 1. The Hall–Kier alpha value is -1.77. The first-order chi connectivity index (χ1) is 9.78. The number of ketones is 1. The van der Waals surface area contributed by atoms with Crippen LogP contribution in [0.2, 0.25) is 5.02 Å². The van der Waals surface area contributed by atoms with Gasteiger partial charge >= 0.3 is 0 Å². The van der Waals surface area contributed by atoms with Gasteiger partial charge in [0, 0.05) is 5.56 Å². The fourth-order valence-electron chi connectivity index (χ4n) is 1.68. The third-order valence-electron chi connectivity index (χ3n) is 3.32. The molecule has 0 bridgehead atoms. The number of nitrogens with one attached hydrogen (secondary N) is 1. The maximum Gasteiger partial charge on any atom is 0.252 e. The first-order valence-electron chi connectivity index (χ1n) is 6.20. The molecule has 0 aliphatic heterocycles. The molecule has 0 heterocycles. The van der Waals surface area contributed by atoms with Crippen molar-refractivity contribution in [2.75, 3.05) is 11.6 Å². The number of alkyl halides is 1. The van der Waals surface area contributed by atoms with Gasteiger partial charge in [0.05, 0.1) is 27.7 Å². The van der Waals surface area contributed by atoms with Gasteiger partial charge in [0.1, 0.15) is 6.07 Å². The SMILES string of the molecule is CCC(C)(NC(=O)c1cc(N)c(Cl)c(C#N)c1)C(=O)CCl. The van der Waals surface area contributed by atoms with Crippen molar-refractivity contribution in [3.8, 4) is 6.07 Å². The van der Waals surface area contributed by atoms with Gasteiger partial charge in [0.15, 0.2) is 5.78 Å². The number of hydrogen-bond donors (Lipinski definition) is 2. The van der Waals surface area contributed by atoms with E-state index in [-0.39, 0.29) is 33.5 Å². The van der Waals surface area contributed by atoms with E-state index in [0.717, 1.165) is 0 Å². The number of rotatable bonds is 5. The minimum Gasteiger partial charge on any atom is -0.397 e. The van der Waals surface area contributed by atoms with Gasteiger partial charge in [0.2, 0.25) is 0 Å². The molecule has 0 radical (unpaired) electrons. The second kappa shape index (κ2) is 6.79. The molecule has 112 valence electrons. The third kappa shape index (κ3) is 3.66. The Balaban J connectivity index is 3.13. The van der Waals surface area contributed by atoms with Gasteiger partial charge in [-0.25, -0.2) is 0 Å². The topological polar surface area (TPSA) is 96.0 Å². The molecular formula is C14H15Cl2N3O2. The van der Waals surface area contributed by atoms with Crippen LogP contribution in [0.1, 0.15) is 36.2 Å². The molecule has 1 unspecified atom stereocenters. The number of anilines is 1. The molecule has 0 aliphatic carbocycles. The number of amides is 1. The van der Waals surface area contributed by atoms with Crippen molar-refractivity contribution >= 4 is 40.6 Å². The van der Waals surface area contributed by atoms with Crippen molar-refractivity contribution in [1.82, 2.24) is 5.32 Å². The molecule has 3 N–H and O–H groups in total. The van der Waals surface area contributed by atoms with Crippen molar-refractivity contribution in [2.45, 2.75) is 25.8 Å². The molecular weight excluding hydrogens is 313 g/mol. The van der Waals surface area contributed by atoms with Crippen LogP contribution in [-0.4, -0.2) is 23.1 Å². The van der Waals surface area contributed by atoms with Crippen LogP contribution in [0.5, 0.6) is 0 Å². The van der Waals surface area contributed by atoms with E-state index in [0.29, 0.717) is 6.42 Å². The Morgan fingerprint density at radius 2 is 2.10 bits per heavy atom. The number of carbonyl (C=O) groups excluding carboxylic acids is 2. The van der Waals surface area contributed by atoms with Crippen molar-refractivity contribution in [3.63, 3.8) is 0 Å². The van der Waals surface area contributed by atoms with Crippen LogP contribution in [0.15, 0.2) is 12.1 Å². The summed E-state index contributed by atoms with van der Waals surface area (Å²) in [6.45, 7) is 3.36. The van der Waals surface area contributed by atoms with Gasteiger partial charge in [-0.05, 0) is 25.5 Å². The van der Waals surface area contributed by atoms with E-state index >= 15 is 0 Å². The van der Waals surface area contributed by atoms with Gasteiger partial charge < -0.3 is 11.1 Å². The smallest absolute Gasteiger partial charge is 0.252 e. The Labute approximate surface area is 133 Å². The summed E-state index contributed by atoms with van der Waals surface area (Å²) in [7, 11) is 0. The van der Waals surface area contributed by atoms with E-state index in [9.17, 15) is 9.59 Å². The fraction of sp³-hybridized carbons (Fsp3) is 0.357. The first kappa shape index (κ1) is 17.3. The number of nitriles is 1. The van der Waals surface area contributed by atoms with Crippen LogP contribution >= 0.6 is 23.2 Å². The van der Waals surface area contributed by atoms with Crippen molar-refractivity contribution < 1.29 is 9.59 Å². The lowest BCUT2D eigenvalue weighted by molar-refractivity contribution is -0.122. The van der Waals surface area contributed by atoms with Crippen LogP contribution in [0.25, 0.3) is 0 Å². The lowest BCUT2D eigenvalue weighted by atomic mass is 9.93. The molecule has 1 amide bonds. The monoisotopic (exact) mass is 327 g/mol. The third-order valence-corrected chi connectivity index (χ3v) is 3.98. The van der Waals surface area contributed by atoms with Crippen LogP contribution < -0.4 is 11.1 Å². The summed E-state index contributed by atoms with van der Waals surface area (Å²) in [6.07, 6.45) is 0.387. The molecule has 0 fully saturated rings. The van der Waals surface area contributed by atoms with E-state index < -0.39 is 11.4 Å². The van der Waals surface area contributed by atoms with Gasteiger partial charge in [-0.3, -0.25) is 9.59 Å². The van der Waals surface area contributed by atoms with Crippen LogP contribution in [0.3, 0.4) is 0 Å². The lowest BCUT2D eigenvalue weighted by Gasteiger charge is -2.27. The summed E-state index contributed by atoms with van der Waals surface area (Å²) in [5.74, 6) is -1.00. The molecule has 0 saturated carbocycles. The molecule has 7 heteroatoms. The average molecular weight is 328 g/mol. The molecule has 1 aromatic rings. The maximum atomic E-state index is 12.3. The zero-order chi connectivity index (χ0) is 16.2. The summed E-state index contributed by atoms with van der Waals surface area (Å²) in [4.78, 5) is 24.1. The van der Waals surface area contributed by atoms with Crippen LogP contribution in [0.4, 0.5) is 5.69 Å². The normalized spacial score (nSPS) is 13.1. The summed E-state index contributed by atoms with van der Waals surface area (Å²) in [5.41, 5.74) is 4.99. The van der Waals surface area contributed by atoms with E-state index in [1.807, 2.05) is 6.07 Å². The van der Waals surface area contributed by atoms with Gasteiger partial charge in [0.25, 0.3) is 5.91 Å². The molecule has 0 aliphatic rings. The molecule has 5 nitrogen and oxygen atoms in total. The molecule has 1 atom stereocenters. The zero-order valence-corrected chi connectivity index (χ0v) is 13.2. The number of carbonyl (C=O) groups is 2. The lowest BCUT2D eigenvalue weighted by Crippen LogP contribution is -2.52. The van der Waals surface area contributed by atoms with Gasteiger partial charge in [-0.15, -0.1) is 11.6 Å². The Morgan fingerprint density at radius 3 is 2.57 bits per heavy atom. The van der Waals surface area contributed by atoms with E-state index in [1.54, 1.807) is 13.8 Å². The predicted molar refractivity (Wildman–Crippen MR) is 82.5 cm³/mol. The van der Waals surface area contributed by atoms with Gasteiger partial charge in [-0.1, -0.05) is 18.5 Å². The highest BCUT2D eigenvalue weighted by Crippen LogP contribution is 2.25. The highest BCUT2D eigenvalue weighted by Gasteiger charge is 2.32. The molecule has 1 aromatic carbocycles. The number of halogens is 2. The predicted octanol–water partition coefficient (Wildman–Crippen LogP) is 2.50. The van der Waals surface area contributed by atoms with Crippen molar-refractivity contribution in [2.24, 2.45) is 0 Å². The fourth-order valence-corrected chi connectivity index (χ4v) is 2.13. The highest BCUT2D eigenvalue weighted by molar-refractivity contribution is 6.34. The van der Waals surface area contributed by atoms with Crippen LogP contribution in [-0.2, 0) is 4.79 Å². The second-order valence-electron chi connectivity index (χ2n) is 4.74. The number of hydrogen-bond acceptors (Lipinski definition) is 4. The summed E-state index contributed by atoms with van der Waals surface area (Å²) >= 11 is 11.4. The second-order valence-corrected chi connectivity index (χ2v) is 5.38. The van der Waals surface area contributed by atoms with E-state index in [1.165, 1.54) is 12.1 Å². The largest absolute Gasteiger partial charge is 0.397 e. The molecule has 0 spiro atoms. The molecule has 21 heavy (non-hydrogen) atoms. The first-order valence-corrected chi connectivity index (χ1v) is 7.11. The molecule has 0 saturated heterocycles. The van der Waals surface area contributed by atoms with Crippen molar-refractivity contribution in [3.05, 3.63) is 28.3 Å². The number of nitrogens with zero attached hydrogens (tertiary/aromatic N) is 1. The summed E-state index contributed by atoms with van der Waals surface area (Å²) in [6, 6.07) is 4.55. The zero-order valence-electron chi connectivity index (χ0n) is 11.7. The van der Waals surface area contributed by atoms with E-state index in [2.05, 4.69) is 5.32 Å². The Kier molecular flexibility index (Phi) is 5.59. The standard InChI is InChI=1S/C14H15Cl2N3O2/c1-3-14(2,11(20)6-15)19-13(21)8-4-9(7-17)12(16)10(18)5-8/h4-5H,3,6,18H2,1-2H3,(H,19,21). The maximum absolute atomic E-state index is 12.3. The number of nitrogens with two attached hydrogens (primary N) is 1. The molecule has 0 aromatic heterocycles. The van der Waals surface area contributed by atoms with Gasteiger partial charge in [-0.2, -0.15) is 5.26 Å². The Bertz CT molecular complexity index is 625. The summed E-state index contributed by atoms with van der Waals surface area (Å²) in [5, 5.41) is 11.7. The van der Waals surface area contributed by atoms with E-state index in [4.69, 9.17) is 34.2 Å². The molecule has 1 rings (SSSR count). The number of Topliss-reactive ketones (excluding diaryl/α,β-unsaturated/α-hetero) is 1. The minimum absolute atomic E-state index is 0.101. The average Bonchev–Trinajstić information content (AvgIpc) is 2.48. The Morgan fingerprint density at radius 1 is 1.48 bits per heavy atom. The minimum atomic E-state index is -1.07. The van der Waals surface area contributed by atoms with Crippen molar-refractivity contribution in [1.29, 1.82) is 5.26 Å². The quantitative estimate of drug-likeness (QED) is 0.641.